The fraction of sp³-hybridized carbons (Fsp3) is 0.400. The molecule has 0 bridgehead atoms. The molecular formula is C15H19O5P. The highest BCUT2D eigenvalue weighted by Crippen LogP contribution is 2.61. The van der Waals surface area contributed by atoms with E-state index in [1.54, 1.807) is 6.92 Å². The fourth-order valence-corrected chi connectivity index (χ4v) is 3.75. The van der Waals surface area contributed by atoms with Crippen LogP contribution in [0.5, 0.6) is 0 Å². The maximum Gasteiger partial charge on any atom is 0.357 e. The van der Waals surface area contributed by atoms with E-state index in [4.69, 9.17) is 13.8 Å². The van der Waals surface area contributed by atoms with Gasteiger partial charge >= 0.3 is 13.6 Å². The molecule has 1 aromatic carbocycles. The standard InChI is InChI=1S/C15H19O5P/c1-3-18-15(16)14(11-13-7-5-4-6-8-13)12(2)21(17)19-9-10-20-21/h4-8,14H,2-3,9-11H2,1H3. The molecule has 0 radical (unpaired) electrons. The summed E-state index contributed by atoms with van der Waals surface area (Å²) in [6.07, 6.45) is 0.356. The molecule has 1 heterocycles. The maximum atomic E-state index is 12.5. The molecule has 21 heavy (non-hydrogen) atoms. The Morgan fingerprint density at radius 1 is 1.33 bits per heavy atom. The summed E-state index contributed by atoms with van der Waals surface area (Å²) in [7, 11) is -3.43. The summed E-state index contributed by atoms with van der Waals surface area (Å²) in [5.41, 5.74) is 0.933. The fourth-order valence-electron chi connectivity index (χ4n) is 2.14. The highest BCUT2D eigenvalue weighted by Gasteiger charge is 2.41. The van der Waals surface area contributed by atoms with Crippen LogP contribution in [-0.4, -0.2) is 25.8 Å². The lowest BCUT2D eigenvalue weighted by molar-refractivity contribution is -0.146. The number of hydrogen-bond donors (Lipinski definition) is 0. The van der Waals surface area contributed by atoms with Gasteiger partial charge < -0.3 is 13.8 Å². The molecule has 0 N–H and O–H groups in total. The van der Waals surface area contributed by atoms with Gasteiger partial charge in [-0.1, -0.05) is 36.9 Å². The highest BCUT2D eigenvalue weighted by atomic mass is 31.2. The van der Waals surface area contributed by atoms with Crippen LogP contribution in [0.15, 0.2) is 42.2 Å². The van der Waals surface area contributed by atoms with Gasteiger partial charge in [0.25, 0.3) is 0 Å². The highest BCUT2D eigenvalue weighted by molar-refractivity contribution is 7.58. The largest absolute Gasteiger partial charge is 0.466 e. The van der Waals surface area contributed by atoms with Crippen LogP contribution >= 0.6 is 7.60 Å². The Morgan fingerprint density at radius 2 is 1.95 bits per heavy atom. The quantitative estimate of drug-likeness (QED) is 0.596. The van der Waals surface area contributed by atoms with E-state index in [0.717, 1.165) is 5.56 Å². The van der Waals surface area contributed by atoms with E-state index in [-0.39, 0.29) is 25.1 Å². The van der Waals surface area contributed by atoms with Gasteiger partial charge in [0, 0.05) is 5.31 Å². The number of benzene rings is 1. The normalized spacial score (nSPS) is 18.1. The van der Waals surface area contributed by atoms with E-state index >= 15 is 0 Å². The third-order valence-electron chi connectivity index (χ3n) is 3.21. The lowest BCUT2D eigenvalue weighted by Gasteiger charge is -2.21. The van der Waals surface area contributed by atoms with Gasteiger partial charge in [0.2, 0.25) is 0 Å². The van der Waals surface area contributed by atoms with Crippen molar-refractivity contribution in [3.05, 3.63) is 47.8 Å². The molecule has 1 saturated heterocycles. The van der Waals surface area contributed by atoms with E-state index in [0.29, 0.717) is 6.42 Å². The van der Waals surface area contributed by atoms with E-state index in [9.17, 15) is 9.36 Å². The lowest BCUT2D eigenvalue weighted by Crippen LogP contribution is -2.22. The van der Waals surface area contributed by atoms with Gasteiger partial charge in [-0.25, -0.2) is 0 Å². The van der Waals surface area contributed by atoms with Crippen LogP contribution in [0.2, 0.25) is 0 Å². The zero-order chi connectivity index (χ0) is 15.3. The molecule has 1 fully saturated rings. The monoisotopic (exact) mass is 310 g/mol. The molecule has 0 aliphatic carbocycles. The number of ether oxygens (including phenoxy) is 1. The average Bonchev–Trinajstić information content (AvgIpc) is 2.93. The summed E-state index contributed by atoms with van der Waals surface area (Å²) >= 11 is 0. The Balaban J connectivity index is 2.21. The summed E-state index contributed by atoms with van der Waals surface area (Å²) in [4.78, 5) is 12.2. The van der Waals surface area contributed by atoms with Crippen LogP contribution in [0.1, 0.15) is 12.5 Å². The van der Waals surface area contributed by atoms with Gasteiger partial charge in [-0.3, -0.25) is 9.36 Å². The lowest BCUT2D eigenvalue weighted by atomic mass is 9.99. The van der Waals surface area contributed by atoms with Crippen molar-refractivity contribution in [2.45, 2.75) is 13.3 Å². The SMILES string of the molecule is C=C(C(Cc1ccccc1)C(=O)OCC)P1(=O)OCCO1. The summed E-state index contributed by atoms with van der Waals surface area (Å²) in [5, 5.41) is 0.169. The summed E-state index contributed by atoms with van der Waals surface area (Å²) < 4.78 is 27.9. The molecule has 1 atom stereocenters. The molecule has 5 nitrogen and oxygen atoms in total. The molecule has 0 spiro atoms. The van der Waals surface area contributed by atoms with E-state index in [1.807, 2.05) is 30.3 Å². The molecule has 6 heteroatoms. The van der Waals surface area contributed by atoms with Crippen molar-refractivity contribution < 1.29 is 23.1 Å². The predicted molar refractivity (Wildman–Crippen MR) is 78.9 cm³/mol. The molecule has 2 rings (SSSR count). The molecule has 1 aliphatic rings. The minimum Gasteiger partial charge on any atom is -0.466 e. The first-order valence-corrected chi connectivity index (χ1v) is 8.40. The predicted octanol–water partition coefficient (Wildman–Crippen LogP) is 3.16. The zero-order valence-electron chi connectivity index (χ0n) is 12.0. The van der Waals surface area contributed by atoms with Crippen molar-refractivity contribution in [1.82, 2.24) is 0 Å². The first-order valence-electron chi connectivity index (χ1n) is 6.86. The van der Waals surface area contributed by atoms with Crippen LogP contribution in [-0.2, 0) is 29.6 Å². The Labute approximate surface area is 124 Å². The van der Waals surface area contributed by atoms with Gasteiger partial charge in [0.05, 0.1) is 25.7 Å². The second-order valence-corrected chi connectivity index (χ2v) is 6.74. The smallest absolute Gasteiger partial charge is 0.357 e. The number of carbonyl (C=O) groups is 1. The molecule has 0 amide bonds. The average molecular weight is 310 g/mol. The first kappa shape index (κ1) is 16.0. The van der Waals surface area contributed by atoms with Crippen molar-refractivity contribution >= 4 is 13.6 Å². The molecule has 0 aromatic heterocycles. The third kappa shape index (κ3) is 3.82. The van der Waals surface area contributed by atoms with Crippen LogP contribution in [0.4, 0.5) is 0 Å². The summed E-state index contributed by atoms with van der Waals surface area (Å²) in [6, 6.07) is 9.44. The van der Waals surface area contributed by atoms with Crippen LogP contribution in [0.3, 0.4) is 0 Å². The number of hydrogen-bond acceptors (Lipinski definition) is 5. The van der Waals surface area contributed by atoms with Gasteiger partial charge in [-0.05, 0) is 18.9 Å². The van der Waals surface area contributed by atoms with Crippen molar-refractivity contribution in [3.8, 4) is 0 Å². The van der Waals surface area contributed by atoms with Gasteiger partial charge in [0.1, 0.15) is 0 Å². The van der Waals surface area contributed by atoms with Gasteiger partial charge in [-0.15, -0.1) is 0 Å². The molecular weight excluding hydrogens is 291 g/mol. The minimum absolute atomic E-state index is 0.169. The van der Waals surface area contributed by atoms with E-state index in [2.05, 4.69) is 6.58 Å². The summed E-state index contributed by atoms with van der Waals surface area (Å²) in [6.45, 7) is 6.27. The topological polar surface area (TPSA) is 61.8 Å². The van der Waals surface area contributed by atoms with Crippen LogP contribution in [0.25, 0.3) is 0 Å². The first-order chi connectivity index (χ1) is 10.1. The second-order valence-electron chi connectivity index (χ2n) is 4.65. The minimum atomic E-state index is -3.43. The number of carbonyl (C=O) groups excluding carboxylic acids is 1. The third-order valence-corrected chi connectivity index (χ3v) is 5.27. The second kappa shape index (κ2) is 7.03. The number of esters is 1. The molecule has 1 aliphatic heterocycles. The maximum absolute atomic E-state index is 12.5. The Bertz CT molecular complexity index is 544. The molecule has 114 valence electrons. The zero-order valence-corrected chi connectivity index (χ0v) is 12.9. The Kier molecular flexibility index (Phi) is 5.34. The van der Waals surface area contributed by atoms with Crippen molar-refractivity contribution in [2.75, 3.05) is 19.8 Å². The Morgan fingerprint density at radius 3 is 2.52 bits per heavy atom. The van der Waals surface area contributed by atoms with E-state index in [1.165, 1.54) is 0 Å². The van der Waals surface area contributed by atoms with Gasteiger partial charge in [0.15, 0.2) is 0 Å². The van der Waals surface area contributed by atoms with Gasteiger partial charge in [-0.2, -0.15) is 0 Å². The van der Waals surface area contributed by atoms with Crippen LogP contribution in [0, 0.1) is 5.92 Å². The van der Waals surface area contributed by atoms with Crippen molar-refractivity contribution in [2.24, 2.45) is 5.92 Å². The van der Waals surface area contributed by atoms with Crippen LogP contribution < -0.4 is 0 Å². The molecule has 1 aromatic rings. The molecule has 0 saturated carbocycles. The van der Waals surface area contributed by atoms with Crippen molar-refractivity contribution in [1.29, 1.82) is 0 Å². The summed E-state index contributed by atoms with van der Waals surface area (Å²) in [5.74, 6) is -1.20. The molecule has 1 unspecified atom stereocenters. The Hall–Kier alpha value is -1.42. The van der Waals surface area contributed by atoms with E-state index < -0.39 is 19.5 Å². The van der Waals surface area contributed by atoms with Crippen molar-refractivity contribution in [3.63, 3.8) is 0 Å². The number of rotatable bonds is 6.